The number of aryl methyl sites for hydroxylation is 1. The highest BCUT2D eigenvalue weighted by molar-refractivity contribution is 6.39. The van der Waals surface area contributed by atoms with Crippen molar-refractivity contribution in [1.82, 2.24) is 0 Å². The largest absolute Gasteiger partial charge is 0.282 e. The number of anilines is 1. The first-order valence-electron chi connectivity index (χ1n) is 9.15. The van der Waals surface area contributed by atoms with E-state index < -0.39 is 4.92 Å². The number of nitro groups is 1. The number of halogens is 1. The Bertz CT molecular complexity index is 1200. The Hall–Kier alpha value is -3.77. The van der Waals surface area contributed by atoms with Gasteiger partial charge in [0.1, 0.15) is 11.5 Å². The quantitative estimate of drug-likeness (QED) is 0.324. The van der Waals surface area contributed by atoms with E-state index in [9.17, 15) is 14.9 Å². The van der Waals surface area contributed by atoms with Crippen molar-refractivity contribution in [2.24, 2.45) is 4.99 Å². The molecule has 1 amide bonds. The van der Waals surface area contributed by atoms with Gasteiger partial charge in [0.2, 0.25) is 0 Å². The van der Waals surface area contributed by atoms with E-state index in [1.54, 1.807) is 24.3 Å². The number of nitro benzene ring substituents is 1. The summed E-state index contributed by atoms with van der Waals surface area (Å²) in [6.07, 6.45) is 1.61. The van der Waals surface area contributed by atoms with Crippen LogP contribution in [0.3, 0.4) is 0 Å². The average Bonchev–Trinajstić information content (AvgIpc) is 3.05. The highest BCUT2D eigenvalue weighted by Gasteiger charge is 2.33. The normalized spacial score (nSPS) is 14.9. The first kappa shape index (κ1) is 19.5. The molecule has 0 N–H and O–H groups in total. The number of rotatable bonds is 4. The molecule has 0 fully saturated rings. The smallest absolute Gasteiger partial charge is 0.266 e. The van der Waals surface area contributed by atoms with Gasteiger partial charge in [-0.2, -0.15) is 0 Å². The van der Waals surface area contributed by atoms with Gasteiger partial charge in [-0.3, -0.25) is 19.8 Å². The van der Waals surface area contributed by atoms with Crippen LogP contribution in [0.4, 0.5) is 11.4 Å². The van der Waals surface area contributed by atoms with Crippen LogP contribution in [0, 0.1) is 17.0 Å². The van der Waals surface area contributed by atoms with Crippen LogP contribution < -0.4 is 4.90 Å². The van der Waals surface area contributed by atoms with E-state index in [4.69, 9.17) is 11.6 Å². The molecular weight excluding hydrogens is 402 g/mol. The molecule has 0 aromatic heterocycles. The molecule has 1 aliphatic heterocycles. The van der Waals surface area contributed by atoms with Crippen molar-refractivity contribution in [3.8, 4) is 0 Å². The van der Waals surface area contributed by atoms with Crippen molar-refractivity contribution < 1.29 is 9.72 Å². The second-order valence-corrected chi connectivity index (χ2v) is 7.18. The first-order chi connectivity index (χ1) is 14.4. The molecule has 7 heteroatoms. The molecule has 0 radical (unpaired) electrons. The standard InChI is InChI=1S/C23H16ClN3O3/c1-15-6-10-17(11-7-15)26-22(19-4-2-3-5-20(19)24)25-21(23(26)28)14-16-8-12-18(13-9-16)27(29)30/h2-14H,1H3/b21-14+. The van der Waals surface area contributed by atoms with Crippen LogP contribution in [0.5, 0.6) is 0 Å². The molecule has 1 heterocycles. The predicted octanol–water partition coefficient (Wildman–Crippen LogP) is 5.39. The number of carbonyl (C=O) groups is 1. The summed E-state index contributed by atoms with van der Waals surface area (Å²) in [7, 11) is 0. The van der Waals surface area contributed by atoms with Crippen LogP contribution in [0.25, 0.3) is 6.08 Å². The zero-order valence-electron chi connectivity index (χ0n) is 15.9. The molecule has 3 aromatic carbocycles. The molecule has 0 aliphatic carbocycles. The second kappa shape index (κ2) is 7.93. The highest BCUT2D eigenvalue weighted by atomic mass is 35.5. The molecule has 0 spiro atoms. The van der Waals surface area contributed by atoms with Crippen molar-refractivity contribution in [2.75, 3.05) is 4.90 Å². The fraction of sp³-hybridized carbons (Fsp3) is 0.0435. The van der Waals surface area contributed by atoms with E-state index in [0.717, 1.165) is 5.56 Å². The summed E-state index contributed by atoms with van der Waals surface area (Å²) >= 11 is 6.38. The number of nitrogens with zero attached hydrogens (tertiary/aromatic N) is 3. The summed E-state index contributed by atoms with van der Waals surface area (Å²) in [4.78, 5) is 29.7. The number of carbonyl (C=O) groups excluding carboxylic acids is 1. The molecule has 0 saturated carbocycles. The molecule has 3 aromatic rings. The van der Waals surface area contributed by atoms with Gasteiger partial charge in [0, 0.05) is 17.7 Å². The number of benzene rings is 3. The van der Waals surface area contributed by atoms with E-state index in [2.05, 4.69) is 4.99 Å². The Balaban J connectivity index is 1.80. The summed E-state index contributed by atoms with van der Waals surface area (Å²) in [5.41, 5.74) is 3.23. The third-order valence-corrected chi connectivity index (χ3v) is 5.00. The molecule has 0 saturated heterocycles. The number of non-ortho nitro benzene ring substituents is 1. The summed E-state index contributed by atoms with van der Waals surface area (Å²) in [5, 5.41) is 11.3. The maximum absolute atomic E-state index is 13.3. The zero-order valence-corrected chi connectivity index (χ0v) is 16.7. The number of hydrogen-bond donors (Lipinski definition) is 0. The van der Waals surface area contributed by atoms with Crippen LogP contribution in [0.15, 0.2) is 83.5 Å². The zero-order chi connectivity index (χ0) is 21.3. The van der Waals surface area contributed by atoms with E-state index in [-0.39, 0.29) is 17.3 Å². The van der Waals surface area contributed by atoms with Crippen LogP contribution in [-0.4, -0.2) is 16.7 Å². The third-order valence-electron chi connectivity index (χ3n) is 4.67. The Labute approximate surface area is 177 Å². The van der Waals surface area contributed by atoms with Gasteiger partial charge in [-0.1, -0.05) is 41.4 Å². The molecular formula is C23H16ClN3O3. The molecule has 30 heavy (non-hydrogen) atoms. The van der Waals surface area contributed by atoms with Crippen molar-refractivity contribution in [2.45, 2.75) is 6.92 Å². The SMILES string of the molecule is Cc1ccc(N2C(=O)/C(=C\c3ccc([N+](=O)[O-])cc3)N=C2c2ccccc2Cl)cc1. The van der Waals surface area contributed by atoms with Crippen LogP contribution in [0.2, 0.25) is 5.02 Å². The van der Waals surface area contributed by atoms with E-state index in [1.165, 1.54) is 17.0 Å². The lowest BCUT2D eigenvalue weighted by Gasteiger charge is -2.19. The molecule has 4 rings (SSSR count). The Kier molecular flexibility index (Phi) is 5.16. The Morgan fingerprint density at radius 3 is 2.30 bits per heavy atom. The fourth-order valence-electron chi connectivity index (χ4n) is 3.12. The van der Waals surface area contributed by atoms with Crippen LogP contribution in [-0.2, 0) is 4.79 Å². The third kappa shape index (κ3) is 3.73. The van der Waals surface area contributed by atoms with E-state index in [1.807, 2.05) is 49.4 Å². The van der Waals surface area contributed by atoms with Crippen molar-refractivity contribution >= 4 is 40.8 Å². The van der Waals surface area contributed by atoms with Crippen molar-refractivity contribution in [3.05, 3.63) is 110 Å². The Morgan fingerprint density at radius 1 is 1.00 bits per heavy atom. The number of hydrogen-bond acceptors (Lipinski definition) is 4. The summed E-state index contributed by atoms with van der Waals surface area (Å²) in [5.74, 6) is 0.134. The first-order valence-corrected chi connectivity index (χ1v) is 9.53. The molecule has 148 valence electrons. The van der Waals surface area contributed by atoms with E-state index in [0.29, 0.717) is 27.7 Å². The average molecular weight is 418 g/mol. The van der Waals surface area contributed by atoms with Gasteiger partial charge in [0.25, 0.3) is 11.6 Å². The monoisotopic (exact) mass is 417 g/mol. The maximum atomic E-state index is 13.3. The molecule has 0 bridgehead atoms. The topological polar surface area (TPSA) is 75.8 Å². The predicted molar refractivity (Wildman–Crippen MR) is 118 cm³/mol. The van der Waals surface area contributed by atoms with Crippen LogP contribution >= 0.6 is 11.6 Å². The number of amidine groups is 1. The minimum Gasteiger partial charge on any atom is -0.266 e. The number of amides is 1. The van der Waals surface area contributed by atoms with Gasteiger partial charge >= 0.3 is 0 Å². The van der Waals surface area contributed by atoms with Gasteiger partial charge in [-0.15, -0.1) is 0 Å². The summed E-state index contributed by atoms with van der Waals surface area (Å²) in [6.45, 7) is 1.97. The minimum atomic E-state index is -0.468. The lowest BCUT2D eigenvalue weighted by atomic mass is 10.1. The van der Waals surface area contributed by atoms with Gasteiger partial charge in [-0.25, -0.2) is 4.99 Å². The highest BCUT2D eigenvalue weighted by Crippen LogP contribution is 2.30. The summed E-state index contributed by atoms with van der Waals surface area (Å²) < 4.78 is 0. The van der Waals surface area contributed by atoms with Crippen LogP contribution in [0.1, 0.15) is 16.7 Å². The van der Waals surface area contributed by atoms with Gasteiger partial charge in [0.15, 0.2) is 0 Å². The molecule has 0 unspecified atom stereocenters. The lowest BCUT2D eigenvalue weighted by molar-refractivity contribution is -0.384. The Morgan fingerprint density at radius 2 is 1.67 bits per heavy atom. The molecule has 0 atom stereocenters. The van der Waals surface area contributed by atoms with E-state index >= 15 is 0 Å². The second-order valence-electron chi connectivity index (χ2n) is 6.77. The van der Waals surface area contributed by atoms with Gasteiger partial charge < -0.3 is 0 Å². The minimum absolute atomic E-state index is 0.0172. The summed E-state index contributed by atoms with van der Waals surface area (Å²) in [6, 6.07) is 20.7. The van der Waals surface area contributed by atoms with Gasteiger partial charge in [-0.05, 0) is 55.0 Å². The molecule has 6 nitrogen and oxygen atoms in total. The maximum Gasteiger partial charge on any atom is 0.282 e. The van der Waals surface area contributed by atoms with Crippen molar-refractivity contribution in [3.63, 3.8) is 0 Å². The van der Waals surface area contributed by atoms with Crippen molar-refractivity contribution in [1.29, 1.82) is 0 Å². The lowest BCUT2D eigenvalue weighted by Crippen LogP contribution is -2.32. The molecule has 1 aliphatic rings. The fourth-order valence-corrected chi connectivity index (χ4v) is 3.34. The van der Waals surface area contributed by atoms with Gasteiger partial charge in [0.05, 0.1) is 15.6 Å². The number of aliphatic imine (C=N–C) groups is 1.